The number of halogens is 3. The van der Waals surface area contributed by atoms with E-state index in [0.717, 1.165) is 6.07 Å². The molecule has 0 aliphatic heterocycles. The lowest BCUT2D eigenvalue weighted by atomic mass is 10.1. The molecule has 0 unspecified atom stereocenters. The molecular weight excluding hydrogens is 273 g/mol. The molecule has 1 aromatic rings. The minimum absolute atomic E-state index is 0.0298. The van der Waals surface area contributed by atoms with Crippen molar-refractivity contribution >= 4 is 11.6 Å². The number of carbonyl (C=O) groups is 1. The van der Waals surface area contributed by atoms with Gasteiger partial charge in [-0.25, -0.2) is 0 Å². The van der Waals surface area contributed by atoms with Gasteiger partial charge in [-0.15, -0.1) is 0 Å². The number of anilines is 1. The van der Waals surface area contributed by atoms with Crippen LogP contribution in [-0.4, -0.2) is 32.7 Å². The Balaban J connectivity index is 3.09. The number of hydrogen-bond donors (Lipinski definition) is 2. The van der Waals surface area contributed by atoms with E-state index in [-0.39, 0.29) is 24.3 Å². The molecule has 0 heterocycles. The van der Waals surface area contributed by atoms with Gasteiger partial charge in [0.25, 0.3) is 5.91 Å². The third kappa shape index (κ3) is 4.12. The third-order valence-electron chi connectivity index (χ3n) is 2.56. The molecule has 1 amide bonds. The number of benzene rings is 1. The fourth-order valence-corrected chi connectivity index (χ4v) is 1.71. The summed E-state index contributed by atoms with van der Waals surface area (Å²) in [5.41, 5.74) is -1.08. The van der Waals surface area contributed by atoms with Crippen molar-refractivity contribution in [3.63, 3.8) is 0 Å². The highest BCUT2D eigenvalue weighted by Gasteiger charge is 2.35. The van der Waals surface area contributed by atoms with Gasteiger partial charge < -0.3 is 15.4 Å². The maximum Gasteiger partial charge on any atom is 0.418 e. The van der Waals surface area contributed by atoms with Crippen LogP contribution in [0.2, 0.25) is 0 Å². The first kappa shape index (κ1) is 16.3. The van der Waals surface area contributed by atoms with Crippen molar-refractivity contribution in [3.05, 3.63) is 29.3 Å². The number of amides is 1. The number of alkyl halides is 3. The monoisotopic (exact) mass is 290 g/mol. The first-order valence-corrected chi connectivity index (χ1v) is 6.13. The zero-order valence-electron chi connectivity index (χ0n) is 11.3. The summed E-state index contributed by atoms with van der Waals surface area (Å²) >= 11 is 0. The normalized spacial score (nSPS) is 11.2. The molecule has 0 aromatic heterocycles. The molecule has 7 heteroatoms. The van der Waals surface area contributed by atoms with E-state index in [4.69, 9.17) is 4.74 Å². The lowest BCUT2D eigenvalue weighted by molar-refractivity contribution is -0.137. The Hall–Kier alpha value is -1.76. The van der Waals surface area contributed by atoms with E-state index in [2.05, 4.69) is 10.6 Å². The van der Waals surface area contributed by atoms with E-state index in [1.165, 1.54) is 19.2 Å². The van der Waals surface area contributed by atoms with E-state index in [1.54, 1.807) is 6.92 Å². The van der Waals surface area contributed by atoms with Crippen LogP contribution in [0, 0.1) is 0 Å². The number of hydrogen-bond acceptors (Lipinski definition) is 3. The Morgan fingerprint density at radius 1 is 1.35 bits per heavy atom. The second kappa shape index (κ2) is 7.14. The standard InChI is InChI=1S/C13H17F3N2O2/c1-3-17-11-9(12(19)18-7-8-20-2)5-4-6-10(11)13(14,15)16/h4-6,17H,3,7-8H2,1-2H3,(H,18,19). The van der Waals surface area contributed by atoms with Crippen LogP contribution in [0.5, 0.6) is 0 Å². The third-order valence-corrected chi connectivity index (χ3v) is 2.56. The van der Waals surface area contributed by atoms with Gasteiger partial charge in [0.15, 0.2) is 0 Å². The molecule has 2 N–H and O–H groups in total. The molecule has 1 rings (SSSR count). The van der Waals surface area contributed by atoms with Crippen LogP contribution in [0.3, 0.4) is 0 Å². The molecule has 0 spiro atoms. The minimum Gasteiger partial charge on any atom is -0.384 e. The molecule has 112 valence electrons. The van der Waals surface area contributed by atoms with Crippen LogP contribution >= 0.6 is 0 Å². The largest absolute Gasteiger partial charge is 0.418 e. The molecule has 4 nitrogen and oxygen atoms in total. The van der Waals surface area contributed by atoms with E-state index >= 15 is 0 Å². The highest BCUT2D eigenvalue weighted by molar-refractivity contribution is 6.00. The van der Waals surface area contributed by atoms with Gasteiger partial charge in [0.05, 0.1) is 23.4 Å². The Morgan fingerprint density at radius 2 is 2.05 bits per heavy atom. The predicted molar refractivity (Wildman–Crippen MR) is 69.8 cm³/mol. The molecule has 0 aliphatic rings. The zero-order chi connectivity index (χ0) is 15.2. The van der Waals surface area contributed by atoms with Crippen LogP contribution in [0.25, 0.3) is 0 Å². The maximum absolute atomic E-state index is 12.9. The predicted octanol–water partition coefficient (Wildman–Crippen LogP) is 2.51. The lowest BCUT2D eigenvalue weighted by Gasteiger charge is -2.17. The van der Waals surface area contributed by atoms with E-state index in [1.807, 2.05) is 0 Å². The number of methoxy groups -OCH3 is 1. The van der Waals surface area contributed by atoms with Crippen molar-refractivity contribution in [3.8, 4) is 0 Å². The van der Waals surface area contributed by atoms with Crippen molar-refractivity contribution in [2.45, 2.75) is 13.1 Å². The highest BCUT2D eigenvalue weighted by atomic mass is 19.4. The molecule has 1 aromatic carbocycles. The van der Waals surface area contributed by atoms with Gasteiger partial charge in [0.1, 0.15) is 0 Å². The summed E-state index contributed by atoms with van der Waals surface area (Å²) in [6.45, 7) is 2.48. The van der Waals surface area contributed by atoms with E-state index < -0.39 is 17.6 Å². The van der Waals surface area contributed by atoms with Crippen molar-refractivity contribution in [2.24, 2.45) is 0 Å². The number of rotatable bonds is 6. The summed E-state index contributed by atoms with van der Waals surface area (Å²) in [6, 6.07) is 3.52. The molecule has 0 saturated carbocycles. The van der Waals surface area contributed by atoms with Crippen molar-refractivity contribution in [1.29, 1.82) is 0 Å². The average Bonchev–Trinajstić information content (AvgIpc) is 2.38. The summed E-state index contributed by atoms with van der Waals surface area (Å²) in [7, 11) is 1.47. The second-order valence-corrected chi connectivity index (χ2v) is 4.00. The SMILES string of the molecule is CCNc1c(C(=O)NCCOC)cccc1C(F)(F)F. The molecule has 0 saturated heterocycles. The Labute approximate surface area is 115 Å². The smallest absolute Gasteiger partial charge is 0.384 e. The van der Waals surface area contributed by atoms with Crippen molar-refractivity contribution < 1.29 is 22.7 Å². The van der Waals surface area contributed by atoms with E-state index in [0.29, 0.717) is 6.61 Å². The van der Waals surface area contributed by atoms with Crippen LogP contribution in [0.15, 0.2) is 18.2 Å². The number of para-hydroxylation sites is 1. The average molecular weight is 290 g/mol. The molecular formula is C13H17F3N2O2. The number of carbonyl (C=O) groups excluding carboxylic acids is 1. The van der Waals surface area contributed by atoms with Crippen molar-refractivity contribution in [1.82, 2.24) is 5.32 Å². The summed E-state index contributed by atoms with van der Waals surface area (Å²) in [5.74, 6) is -0.566. The first-order chi connectivity index (χ1) is 9.41. The van der Waals surface area contributed by atoms with E-state index in [9.17, 15) is 18.0 Å². The Kier molecular flexibility index (Phi) is 5.82. The quantitative estimate of drug-likeness (QED) is 0.792. The minimum atomic E-state index is -4.51. The van der Waals surface area contributed by atoms with Gasteiger partial charge in [-0.05, 0) is 19.1 Å². The maximum atomic E-state index is 12.9. The van der Waals surface area contributed by atoms with Crippen molar-refractivity contribution in [2.75, 3.05) is 32.1 Å². The summed E-state index contributed by atoms with van der Waals surface area (Å²) < 4.78 is 43.6. The van der Waals surface area contributed by atoms with Gasteiger partial charge in [-0.3, -0.25) is 4.79 Å². The molecule has 0 radical (unpaired) electrons. The second-order valence-electron chi connectivity index (χ2n) is 4.00. The fourth-order valence-electron chi connectivity index (χ4n) is 1.71. The highest BCUT2D eigenvalue weighted by Crippen LogP contribution is 2.36. The topological polar surface area (TPSA) is 50.4 Å². The van der Waals surface area contributed by atoms with Gasteiger partial charge in [-0.1, -0.05) is 6.07 Å². The number of nitrogens with one attached hydrogen (secondary N) is 2. The number of ether oxygens (including phenoxy) is 1. The Bertz CT molecular complexity index is 461. The van der Waals surface area contributed by atoms with Crippen LogP contribution < -0.4 is 10.6 Å². The molecule has 0 bridgehead atoms. The molecule has 0 aliphatic carbocycles. The first-order valence-electron chi connectivity index (χ1n) is 6.13. The van der Waals surface area contributed by atoms with Gasteiger partial charge in [0, 0.05) is 20.2 Å². The molecule has 20 heavy (non-hydrogen) atoms. The van der Waals surface area contributed by atoms with Gasteiger partial charge in [0.2, 0.25) is 0 Å². The zero-order valence-corrected chi connectivity index (χ0v) is 11.3. The van der Waals surface area contributed by atoms with Gasteiger partial charge in [-0.2, -0.15) is 13.2 Å². The fraction of sp³-hybridized carbons (Fsp3) is 0.462. The van der Waals surface area contributed by atoms with Gasteiger partial charge >= 0.3 is 6.18 Å². The van der Waals surface area contributed by atoms with Crippen LogP contribution in [0.4, 0.5) is 18.9 Å². The molecule has 0 fully saturated rings. The lowest BCUT2D eigenvalue weighted by Crippen LogP contribution is -2.28. The summed E-state index contributed by atoms with van der Waals surface area (Å²) in [5, 5.41) is 5.12. The summed E-state index contributed by atoms with van der Waals surface area (Å²) in [6.07, 6.45) is -4.51. The summed E-state index contributed by atoms with van der Waals surface area (Å²) in [4.78, 5) is 11.9. The Morgan fingerprint density at radius 3 is 2.60 bits per heavy atom. The molecule has 0 atom stereocenters. The van der Waals surface area contributed by atoms with Crippen LogP contribution in [0.1, 0.15) is 22.8 Å². The van der Waals surface area contributed by atoms with Crippen LogP contribution in [-0.2, 0) is 10.9 Å².